The van der Waals surface area contributed by atoms with E-state index in [1.54, 1.807) is 0 Å². The molecule has 0 saturated carbocycles. The minimum absolute atomic E-state index is 0.0196. The van der Waals surface area contributed by atoms with Gasteiger partial charge in [-0.1, -0.05) is 122 Å². The Labute approximate surface area is 320 Å². The van der Waals surface area contributed by atoms with Gasteiger partial charge in [0.15, 0.2) is 0 Å². The fourth-order valence-corrected chi connectivity index (χ4v) is 7.65. The van der Waals surface area contributed by atoms with Gasteiger partial charge in [0, 0.05) is 58.3 Å². The lowest BCUT2D eigenvalue weighted by Crippen LogP contribution is -2.25. The number of rotatable bonds is 7. The average Bonchev–Trinajstić information content (AvgIpc) is 3.78. The van der Waals surface area contributed by atoms with Crippen molar-refractivity contribution in [1.29, 1.82) is 0 Å². The van der Waals surface area contributed by atoms with Gasteiger partial charge in [0.1, 0.15) is 17.3 Å². The van der Waals surface area contributed by atoms with Crippen molar-refractivity contribution in [1.82, 2.24) is 9.55 Å². The Morgan fingerprint density at radius 3 is 1.89 bits per heavy atom. The van der Waals surface area contributed by atoms with E-state index >= 15 is 0 Å². The first kappa shape index (κ1) is 35.2. The molecule has 272 valence electrons. The van der Waals surface area contributed by atoms with Crippen molar-refractivity contribution in [3.8, 4) is 17.3 Å². The molecular weight excluding hydrogens is 661 g/mol. The highest BCUT2D eigenvalue weighted by molar-refractivity contribution is 6.11. The summed E-state index contributed by atoms with van der Waals surface area (Å²) < 4.78 is 9.20. The number of anilines is 2. The molecule has 7 aromatic rings. The average molecular weight is 711 g/mol. The van der Waals surface area contributed by atoms with Crippen molar-refractivity contribution in [3.05, 3.63) is 168 Å². The molecule has 3 heterocycles. The lowest BCUT2D eigenvalue weighted by molar-refractivity contribution is 0.481. The smallest absolute Gasteiger partial charge is 0.137 e. The zero-order valence-corrected chi connectivity index (χ0v) is 32.8. The summed E-state index contributed by atoms with van der Waals surface area (Å²) in [5.41, 5.74) is 9.20. The summed E-state index contributed by atoms with van der Waals surface area (Å²) in [6, 6.07) is 45.5. The normalized spacial score (nSPS) is 13.7. The molecule has 0 bridgehead atoms. The third-order valence-electron chi connectivity index (χ3n) is 10.9. The molecule has 0 aliphatic carbocycles. The van der Waals surface area contributed by atoms with Gasteiger partial charge >= 0.3 is 0 Å². The Morgan fingerprint density at radius 2 is 1.17 bits per heavy atom. The Hall–Kier alpha value is -5.81. The summed E-state index contributed by atoms with van der Waals surface area (Å²) in [5.74, 6) is 2.47. The number of aromatic nitrogens is 2. The van der Waals surface area contributed by atoms with Crippen LogP contribution in [0.25, 0.3) is 27.6 Å². The summed E-state index contributed by atoms with van der Waals surface area (Å²) in [4.78, 5) is 9.51. The van der Waals surface area contributed by atoms with Crippen molar-refractivity contribution in [2.45, 2.75) is 71.6 Å². The van der Waals surface area contributed by atoms with E-state index in [-0.39, 0.29) is 16.2 Å². The van der Waals surface area contributed by atoms with Crippen LogP contribution in [0.5, 0.6) is 11.5 Å². The molecule has 0 N–H and O–H groups in total. The maximum Gasteiger partial charge on any atom is 0.137 e. The number of para-hydroxylation sites is 1. The van der Waals surface area contributed by atoms with Crippen molar-refractivity contribution in [2.24, 2.45) is 0 Å². The SMILES string of the molecule is CC(C)(C)c1cccc(N2C=CN(c3cccc(Oc4cc(C(C)(C)c5ccccc5)c5c6ccccc6n(-c6cc(C(C)(C)C)ccn6)c5c4)c3)C2)c1. The highest BCUT2D eigenvalue weighted by Crippen LogP contribution is 2.45. The van der Waals surface area contributed by atoms with Crippen molar-refractivity contribution in [2.75, 3.05) is 16.5 Å². The van der Waals surface area contributed by atoms with Gasteiger partial charge in [0.2, 0.25) is 0 Å². The van der Waals surface area contributed by atoms with Crippen LogP contribution in [0.15, 0.2) is 146 Å². The molecule has 2 aromatic heterocycles. The van der Waals surface area contributed by atoms with Crippen LogP contribution in [-0.4, -0.2) is 16.2 Å². The molecule has 5 aromatic carbocycles. The molecule has 0 atom stereocenters. The topological polar surface area (TPSA) is 33.5 Å². The Balaban J connectivity index is 1.22. The summed E-state index contributed by atoms with van der Waals surface area (Å²) in [6.07, 6.45) is 6.24. The third-order valence-corrected chi connectivity index (χ3v) is 10.9. The first-order chi connectivity index (χ1) is 25.8. The lowest BCUT2D eigenvalue weighted by atomic mass is 9.76. The van der Waals surface area contributed by atoms with Gasteiger partial charge < -0.3 is 14.5 Å². The molecule has 1 aliphatic heterocycles. The van der Waals surface area contributed by atoms with Crippen LogP contribution in [0.4, 0.5) is 11.4 Å². The van der Waals surface area contributed by atoms with Gasteiger partial charge in [-0.25, -0.2) is 4.98 Å². The number of pyridine rings is 1. The number of ether oxygens (including phenoxy) is 1. The van der Waals surface area contributed by atoms with E-state index in [9.17, 15) is 0 Å². The Bertz CT molecular complexity index is 2510. The van der Waals surface area contributed by atoms with E-state index in [4.69, 9.17) is 9.72 Å². The minimum Gasteiger partial charge on any atom is -0.457 e. The molecule has 1 aliphatic rings. The fraction of sp³-hybridized carbons (Fsp3) is 0.245. The summed E-state index contributed by atoms with van der Waals surface area (Å²) in [7, 11) is 0. The van der Waals surface area contributed by atoms with Gasteiger partial charge in [0.05, 0.1) is 17.7 Å². The van der Waals surface area contributed by atoms with Crippen LogP contribution in [0.2, 0.25) is 0 Å². The third kappa shape index (κ3) is 6.53. The van der Waals surface area contributed by atoms with E-state index < -0.39 is 0 Å². The summed E-state index contributed by atoms with van der Waals surface area (Å²) >= 11 is 0. The number of hydrogen-bond acceptors (Lipinski definition) is 4. The molecule has 0 spiro atoms. The van der Waals surface area contributed by atoms with Crippen LogP contribution in [0.3, 0.4) is 0 Å². The molecule has 5 nitrogen and oxygen atoms in total. The molecule has 5 heteroatoms. The molecular formula is C49H50N4O. The predicted octanol–water partition coefficient (Wildman–Crippen LogP) is 12.6. The minimum atomic E-state index is -0.329. The maximum atomic E-state index is 6.89. The molecule has 8 rings (SSSR count). The van der Waals surface area contributed by atoms with Crippen LogP contribution < -0.4 is 14.5 Å². The first-order valence-corrected chi connectivity index (χ1v) is 19.0. The predicted molar refractivity (Wildman–Crippen MR) is 226 cm³/mol. The zero-order valence-electron chi connectivity index (χ0n) is 32.8. The van der Waals surface area contributed by atoms with E-state index in [2.05, 4.69) is 203 Å². The number of hydrogen-bond donors (Lipinski definition) is 0. The van der Waals surface area contributed by atoms with E-state index in [1.807, 2.05) is 12.3 Å². The van der Waals surface area contributed by atoms with Crippen LogP contribution >= 0.6 is 0 Å². The van der Waals surface area contributed by atoms with E-state index in [1.165, 1.54) is 38.7 Å². The fourth-order valence-electron chi connectivity index (χ4n) is 7.65. The van der Waals surface area contributed by atoms with E-state index in [0.717, 1.165) is 40.7 Å². The van der Waals surface area contributed by atoms with Gasteiger partial charge in [-0.05, 0) is 81.6 Å². The molecule has 0 unspecified atom stereocenters. The Kier molecular flexibility index (Phi) is 8.64. The quantitative estimate of drug-likeness (QED) is 0.165. The van der Waals surface area contributed by atoms with Gasteiger partial charge in [-0.2, -0.15) is 0 Å². The highest BCUT2D eigenvalue weighted by atomic mass is 16.5. The van der Waals surface area contributed by atoms with Crippen molar-refractivity contribution in [3.63, 3.8) is 0 Å². The second-order valence-electron chi connectivity index (χ2n) is 17.1. The van der Waals surface area contributed by atoms with E-state index in [0.29, 0.717) is 0 Å². The van der Waals surface area contributed by atoms with Gasteiger partial charge in [-0.3, -0.25) is 4.57 Å². The monoisotopic (exact) mass is 710 g/mol. The zero-order chi connectivity index (χ0) is 37.8. The largest absolute Gasteiger partial charge is 0.457 e. The lowest BCUT2D eigenvalue weighted by Gasteiger charge is -2.28. The van der Waals surface area contributed by atoms with Gasteiger partial charge in [-0.15, -0.1) is 0 Å². The highest BCUT2D eigenvalue weighted by Gasteiger charge is 2.30. The maximum absolute atomic E-state index is 6.89. The number of benzene rings is 5. The van der Waals surface area contributed by atoms with Gasteiger partial charge in [0.25, 0.3) is 0 Å². The van der Waals surface area contributed by atoms with Crippen LogP contribution in [-0.2, 0) is 16.2 Å². The molecule has 0 amide bonds. The molecule has 0 saturated heterocycles. The Morgan fingerprint density at radius 1 is 0.537 bits per heavy atom. The van der Waals surface area contributed by atoms with Crippen LogP contribution in [0, 0.1) is 0 Å². The number of fused-ring (bicyclic) bond motifs is 3. The molecule has 0 radical (unpaired) electrons. The van der Waals surface area contributed by atoms with Crippen molar-refractivity contribution >= 4 is 33.2 Å². The second kappa shape index (κ2) is 13.2. The molecule has 0 fully saturated rings. The number of nitrogens with zero attached hydrogens (tertiary/aromatic N) is 4. The summed E-state index contributed by atoms with van der Waals surface area (Å²) in [5, 5.41) is 2.41. The molecule has 54 heavy (non-hydrogen) atoms. The second-order valence-corrected chi connectivity index (χ2v) is 17.1. The summed E-state index contributed by atoms with van der Waals surface area (Å²) in [6.45, 7) is 18.9. The van der Waals surface area contributed by atoms with Crippen LogP contribution in [0.1, 0.15) is 77.6 Å². The first-order valence-electron chi connectivity index (χ1n) is 19.0. The van der Waals surface area contributed by atoms with Crippen molar-refractivity contribution < 1.29 is 4.74 Å². The standard InChI is InChI=1S/C49H50N4O/c1-47(2,3)35-18-14-19-37(28-35)51-26-27-52(33-51)38-20-15-21-39(30-38)54-40-31-42(49(7,8)34-16-10-9-11-17-34)46-41-22-12-13-23-43(41)53(44(46)32-40)45-29-36(24-25-50-45)48(4,5)6/h9-32H,33H2,1-8H3.